The first-order valence-corrected chi connectivity index (χ1v) is 6.18. The molecule has 1 N–H and O–H groups in total. The Morgan fingerprint density at radius 3 is 2.56 bits per heavy atom. The van der Waals surface area contributed by atoms with Gasteiger partial charge in [0.25, 0.3) is 0 Å². The number of carboxylic acid groups (broad SMARTS) is 1. The lowest BCUT2D eigenvalue weighted by atomic mass is 9.87. The van der Waals surface area contributed by atoms with E-state index in [1.807, 2.05) is 0 Å². The molecule has 1 heterocycles. The molecule has 0 bridgehead atoms. The third-order valence-corrected chi connectivity index (χ3v) is 3.62. The minimum absolute atomic E-state index is 0.144. The van der Waals surface area contributed by atoms with Crippen LogP contribution < -0.4 is 0 Å². The number of aliphatic carboxylic acids is 1. The first-order valence-electron chi connectivity index (χ1n) is 6.18. The van der Waals surface area contributed by atoms with Gasteiger partial charge in [-0.25, -0.2) is 0 Å². The fourth-order valence-electron chi connectivity index (χ4n) is 2.46. The summed E-state index contributed by atoms with van der Waals surface area (Å²) in [5.41, 5.74) is 0. The van der Waals surface area contributed by atoms with Gasteiger partial charge in [-0.1, -0.05) is 0 Å². The molecule has 0 aromatic rings. The number of carbonyl (C=O) groups is 1. The standard InChI is InChI=1S/C12H20O4/c13-12(14)10-1-3-11(4-2-10)16-8-9-5-6-15-7-9/h9-11H,1-8H2,(H,13,14). The normalized spacial score (nSPS) is 35.1. The number of hydrogen-bond acceptors (Lipinski definition) is 3. The molecule has 4 heteroatoms. The van der Waals surface area contributed by atoms with Crippen LogP contribution in [-0.4, -0.2) is 37.0 Å². The number of hydrogen-bond donors (Lipinski definition) is 1. The van der Waals surface area contributed by atoms with Crippen LogP contribution in [0.4, 0.5) is 0 Å². The van der Waals surface area contributed by atoms with E-state index >= 15 is 0 Å². The highest BCUT2D eigenvalue weighted by atomic mass is 16.5. The molecule has 0 spiro atoms. The van der Waals surface area contributed by atoms with Crippen molar-refractivity contribution in [3.05, 3.63) is 0 Å². The summed E-state index contributed by atoms with van der Waals surface area (Å²) in [6.07, 6.45) is 4.69. The SMILES string of the molecule is O=C(O)C1CCC(OCC2CCOC2)CC1. The van der Waals surface area contributed by atoms with Crippen LogP contribution in [0.5, 0.6) is 0 Å². The smallest absolute Gasteiger partial charge is 0.306 e. The van der Waals surface area contributed by atoms with E-state index in [-0.39, 0.29) is 12.0 Å². The monoisotopic (exact) mass is 228 g/mol. The van der Waals surface area contributed by atoms with Crippen molar-refractivity contribution in [3.63, 3.8) is 0 Å². The molecule has 0 aromatic heterocycles. The lowest BCUT2D eigenvalue weighted by molar-refractivity contribution is -0.143. The second kappa shape index (κ2) is 5.64. The van der Waals surface area contributed by atoms with Crippen LogP contribution in [0.25, 0.3) is 0 Å². The van der Waals surface area contributed by atoms with E-state index in [1.165, 1.54) is 0 Å². The van der Waals surface area contributed by atoms with Crippen LogP contribution in [0.3, 0.4) is 0 Å². The van der Waals surface area contributed by atoms with E-state index in [0.29, 0.717) is 5.92 Å². The molecule has 2 rings (SSSR count). The maximum atomic E-state index is 10.8. The molecule has 16 heavy (non-hydrogen) atoms. The molecule has 1 saturated carbocycles. The van der Waals surface area contributed by atoms with Crippen LogP contribution in [0.15, 0.2) is 0 Å². The van der Waals surface area contributed by atoms with Crippen LogP contribution in [0.2, 0.25) is 0 Å². The second-order valence-electron chi connectivity index (χ2n) is 4.87. The van der Waals surface area contributed by atoms with E-state index in [9.17, 15) is 4.79 Å². The average molecular weight is 228 g/mol. The van der Waals surface area contributed by atoms with Gasteiger partial charge in [0.2, 0.25) is 0 Å². The summed E-state index contributed by atoms with van der Waals surface area (Å²) in [5, 5.41) is 8.87. The molecule has 0 amide bonds. The second-order valence-corrected chi connectivity index (χ2v) is 4.87. The molecule has 1 unspecified atom stereocenters. The zero-order valence-corrected chi connectivity index (χ0v) is 9.56. The van der Waals surface area contributed by atoms with Crippen molar-refractivity contribution in [2.75, 3.05) is 19.8 Å². The van der Waals surface area contributed by atoms with Gasteiger partial charge < -0.3 is 14.6 Å². The highest BCUT2D eigenvalue weighted by Gasteiger charge is 2.27. The molecule has 2 aliphatic rings. The number of ether oxygens (including phenoxy) is 2. The maximum absolute atomic E-state index is 10.8. The third kappa shape index (κ3) is 3.19. The predicted octanol–water partition coefficient (Wildman–Crippen LogP) is 1.68. The molecule has 0 aromatic carbocycles. The zero-order valence-electron chi connectivity index (χ0n) is 9.56. The summed E-state index contributed by atoms with van der Waals surface area (Å²) in [6, 6.07) is 0. The fraction of sp³-hybridized carbons (Fsp3) is 0.917. The van der Waals surface area contributed by atoms with Gasteiger partial charge in [0.1, 0.15) is 0 Å². The van der Waals surface area contributed by atoms with Crippen molar-refractivity contribution in [2.45, 2.75) is 38.2 Å². The first-order chi connectivity index (χ1) is 7.75. The van der Waals surface area contributed by atoms with Crippen LogP contribution in [-0.2, 0) is 14.3 Å². The van der Waals surface area contributed by atoms with Crippen molar-refractivity contribution in [1.29, 1.82) is 0 Å². The Kier molecular flexibility index (Phi) is 4.18. The molecule has 2 fully saturated rings. The average Bonchev–Trinajstić information content (AvgIpc) is 2.80. The molecule has 1 aliphatic heterocycles. The molecule has 0 radical (unpaired) electrons. The Morgan fingerprint density at radius 1 is 1.25 bits per heavy atom. The number of rotatable bonds is 4. The first kappa shape index (κ1) is 11.9. The van der Waals surface area contributed by atoms with Gasteiger partial charge in [0.15, 0.2) is 0 Å². The minimum atomic E-state index is -0.650. The van der Waals surface area contributed by atoms with E-state index < -0.39 is 5.97 Å². The van der Waals surface area contributed by atoms with Crippen molar-refractivity contribution in [3.8, 4) is 0 Å². The highest BCUT2D eigenvalue weighted by molar-refractivity contribution is 5.69. The zero-order chi connectivity index (χ0) is 11.4. The summed E-state index contributed by atoms with van der Waals surface area (Å²) in [7, 11) is 0. The third-order valence-electron chi connectivity index (χ3n) is 3.62. The van der Waals surface area contributed by atoms with Crippen molar-refractivity contribution in [2.24, 2.45) is 11.8 Å². The van der Waals surface area contributed by atoms with Gasteiger partial charge >= 0.3 is 5.97 Å². The fourth-order valence-corrected chi connectivity index (χ4v) is 2.46. The van der Waals surface area contributed by atoms with Gasteiger partial charge in [-0.15, -0.1) is 0 Å². The van der Waals surface area contributed by atoms with Gasteiger partial charge in [-0.05, 0) is 32.1 Å². The largest absolute Gasteiger partial charge is 0.481 e. The molecule has 1 aliphatic carbocycles. The topological polar surface area (TPSA) is 55.8 Å². The lowest BCUT2D eigenvalue weighted by Gasteiger charge is -2.27. The Balaban J connectivity index is 1.63. The summed E-state index contributed by atoms with van der Waals surface area (Å²) >= 11 is 0. The van der Waals surface area contributed by atoms with E-state index in [2.05, 4.69) is 0 Å². The van der Waals surface area contributed by atoms with Gasteiger partial charge in [0, 0.05) is 12.5 Å². The quantitative estimate of drug-likeness (QED) is 0.795. The van der Waals surface area contributed by atoms with E-state index in [1.54, 1.807) is 0 Å². The molecule has 1 atom stereocenters. The highest BCUT2D eigenvalue weighted by Crippen LogP contribution is 2.27. The summed E-state index contributed by atoms with van der Waals surface area (Å²) in [6.45, 7) is 2.46. The lowest BCUT2D eigenvalue weighted by Crippen LogP contribution is -2.27. The van der Waals surface area contributed by atoms with E-state index in [0.717, 1.165) is 51.9 Å². The molecular weight excluding hydrogens is 208 g/mol. The van der Waals surface area contributed by atoms with Crippen molar-refractivity contribution < 1.29 is 19.4 Å². The maximum Gasteiger partial charge on any atom is 0.306 e. The van der Waals surface area contributed by atoms with Crippen molar-refractivity contribution >= 4 is 5.97 Å². The van der Waals surface area contributed by atoms with Gasteiger partial charge in [0.05, 0.1) is 25.2 Å². The Hall–Kier alpha value is -0.610. The molecule has 1 saturated heterocycles. The van der Waals surface area contributed by atoms with Gasteiger partial charge in [-0.3, -0.25) is 4.79 Å². The Bertz CT molecular complexity index is 227. The Labute approximate surface area is 95.9 Å². The van der Waals surface area contributed by atoms with Crippen LogP contribution in [0.1, 0.15) is 32.1 Å². The number of carboxylic acids is 1. The molecular formula is C12H20O4. The van der Waals surface area contributed by atoms with Crippen LogP contribution >= 0.6 is 0 Å². The van der Waals surface area contributed by atoms with Crippen LogP contribution in [0, 0.1) is 11.8 Å². The summed E-state index contributed by atoms with van der Waals surface area (Å²) in [5.74, 6) is -0.241. The Morgan fingerprint density at radius 2 is 2.00 bits per heavy atom. The van der Waals surface area contributed by atoms with Gasteiger partial charge in [-0.2, -0.15) is 0 Å². The molecule has 92 valence electrons. The van der Waals surface area contributed by atoms with E-state index in [4.69, 9.17) is 14.6 Å². The summed E-state index contributed by atoms with van der Waals surface area (Å²) in [4.78, 5) is 10.8. The minimum Gasteiger partial charge on any atom is -0.481 e. The summed E-state index contributed by atoms with van der Waals surface area (Å²) < 4.78 is 11.1. The predicted molar refractivity (Wildman–Crippen MR) is 58.3 cm³/mol. The van der Waals surface area contributed by atoms with Crippen molar-refractivity contribution in [1.82, 2.24) is 0 Å². The molecule has 4 nitrogen and oxygen atoms in total.